The van der Waals surface area contributed by atoms with Crippen molar-refractivity contribution in [3.8, 4) is 0 Å². The molecule has 6 heteroatoms. The van der Waals surface area contributed by atoms with E-state index in [0.29, 0.717) is 11.4 Å². The minimum atomic E-state index is -3.46. The van der Waals surface area contributed by atoms with E-state index in [4.69, 9.17) is 0 Å². The van der Waals surface area contributed by atoms with Crippen molar-refractivity contribution in [2.24, 2.45) is 12.5 Å². The number of hydrogen-bond acceptors (Lipinski definition) is 3. The van der Waals surface area contributed by atoms with Crippen LogP contribution in [0.25, 0.3) is 0 Å². The zero-order valence-corrected chi connectivity index (χ0v) is 15.1. The summed E-state index contributed by atoms with van der Waals surface area (Å²) in [6, 6.07) is 1.67. The average molecular weight is 315 g/mol. The summed E-state index contributed by atoms with van der Waals surface area (Å²) in [6.07, 6.45) is 1.69. The molecule has 0 saturated carbocycles. The molecule has 1 aromatic heterocycles. The van der Waals surface area contributed by atoms with E-state index >= 15 is 0 Å². The molecule has 1 aromatic rings. The van der Waals surface area contributed by atoms with Crippen molar-refractivity contribution in [1.82, 2.24) is 14.2 Å². The fraction of sp³-hybridized carbons (Fsp3) is 0.733. The Morgan fingerprint density at radius 1 is 1.38 bits per heavy atom. The van der Waals surface area contributed by atoms with E-state index < -0.39 is 10.0 Å². The van der Waals surface area contributed by atoms with Crippen LogP contribution in [0.5, 0.6) is 0 Å². The van der Waals surface area contributed by atoms with Crippen LogP contribution in [0.3, 0.4) is 0 Å². The molecule has 0 spiro atoms. The van der Waals surface area contributed by atoms with Gasteiger partial charge in [0, 0.05) is 38.6 Å². The number of aromatic nitrogens is 1. The van der Waals surface area contributed by atoms with Gasteiger partial charge in [0.15, 0.2) is 0 Å². The number of rotatable bonds is 6. The maximum Gasteiger partial charge on any atom is 0.244 e. The predicted molar refractivity (Wildman–Crippen MR) is 86.7 cm³/mol. The molecule has 1 unspecified atom stereocenters. The Morgan fingerprint density at radius 3 is 2.43 bits per heavy atom. The molecule has 0 fully saturated rings. The summed E-state index contributed by atoms with van der Waals surface area (Å²) in [5.41, 5.74) is 0.857. The largest absolute Gasteiger partial charge is 0.352 e. The van der Waals surface area contributed by atoms with E-state index in [1.54, 1.807) is 19.3 Å². The highest BCUT2D eigenvalue weighted by atomic mass is 32.2. The van der Waals surface area contributed by atoms with Crippen molar-refractivity contribution in [3.63, 3.8) is 0 Å². The monoisotopic (exact) mass is 315 g/mol. The van der Waals surface area contributed by atoms with E-state index in [1.807, 2.05) is 46.2 Å². The van der Waals surface area contributed by atoms with Crippen LogP contribution in [0.1, 0.15) is 40.3 Å². The van der Waals surface area contributed by atoms with Crippen molar-refractivity contribution in [3.05, 3.63) is 18.0 Å². The molecule has 21 heavy (non-hydrogen) atoms. The van der Waals surface area contributed by atoms with Gasteiger partial charge in [-0.25, -0.2) is 8.42 Å². The first-order valence-electron chi connectivity index (χ1n) is 7.35. The lowest BCUT2D eigenvalue weighted by atomic mass is 9.88. The molecule has 0 aliphatic rings. The maximum atomic E-state index is 12.8. The predicted octanol–water partition coefficient (Wildman–Crippen LogP) is 2.19. The normalized spacial score (nSPS) is 14.7. The summed E-state index contributed by atoms with van der Waals surface area (Å²) in [7, 11) is 0.0655. The lowest BCUT2D eigenvalue weighted by Crippen LogP contribution is -2.42. The van der Waals surface area contributed by atoms with Gasteiger partial charge in [-0.1, -0.05) is 27.7 Å². The Bertz CT molecular complexity index is 570. The van der Waals surface area contributed by atoms with Gasteiger partial charge in [0.1, 0.15) is 4.90 Å². The standard InChI is InChI=1S/C15H29N3O2S/c1-8-16-10-13-9-14(11-17(13)6)21(19,20)18(7)12(2)15(3,4)5/h9,11-12,16H,8,10H2,1-7H3. The van der Waals surface area contributed by atoms with Crippen LogP contribution < -0.4 is 5.32 Å². The first-order chi connectivity index (χ1) is 9.51. The summed E-state index contributed by atoms with van der Waals surface area (Å²) < 4.78 is 28.8. The van der Waals surface area contributed by atoms with Crippen LogP contribution >= 0.6 is 0 Å². The van der Waals surface area contributed by atoms with Crippen molar-refractivity contribution in [2.45, 2.75) is 52.1 Å². The summed E-state index contributed by atoms with van der Waals surface area (Å²) >= 11 is 0. The second-order valence-electron chi connectivity index (χ2n) is 6.62. The second-order valence-corrected chi connectivity index (χ2v) is 8.62. The minimum absolute atomic E-state index is 0.0834. The molecule has 122 valence electrons. The molecule has 1 atom stereocenters. The summed E-state index contributed by atoms with van der Waals surface area (Å²) in [5.74, 6) is 0. The first kappa shape index (κ1) is 18.2. The average Bonchev–Trinajstić information content (AvgIpc) is 2.75. The van der Waals surface area contributed by atoms with Crippen LogP contribution in [-0.2, 0) is 23.6 Å². The second kappa shape index (κ2) is 6.50. The van der Waals surface area contributed by atoms with Gasteiger partial charge in [-0.05, 0) is 24.9 Å². The SMILES string of the molecule is CCNCc1cc(S(=O)(=O)N(C)C(C)C(C)(C)C)cn1C. The number of aryl methyl sites for hydroxylation is 1. The fourth-order valence-corrected chi connectivity index (χ4v) is 3.71. The molecule has 0 aromatic carbocycles. The number of nitrogens with zero attached hydrogens (tertiary/aromatic N) is 2. The van der Waals surface area contributed by atoms with Gasteiger partial charge in [0.2, 0.25) is 10.0 Å². The van der Waals surface area contributed by atoms with Gasteiger partial charge >= 0.3 is 0 Å². The van der Waals surface area contributed by atoms with Gasteiger partial charge in [-0.15, -0.1) is 0 Å². The molecule has 1 rings (SSSR count). The van der Waals surface area contributed by atoms with E-state index in [-0.39, 0.29) is 11.5 Å². The molecule has 0 amide bonds. The molecular weight excluding hydrogens is 286 g/mol. The number of nitrogens with one attached hydrogen (secondary N) is 1. The van der Waals surface area contributed by atoms with E-state index in [9.17, 15) is 8.42 Å². The van der Waals surface area contributed by atoms with Crippen LogP contribution in [0.4, 0.5) is 0 Å². The van der Waals surface area contributed by atoms with Gasteiger partial charge in [-0.2, -0.15) is 4.31 Å². The van der Waals surface area contributed by atoms with Gasteiger partial charge in [0.05, 0.1) is 0 Å². The van der Waals surface area contributed by atoms with Crippen molar-refractivity contribution in [1.29, 1.82) is 0 Å². The highest BCUT2D eigenvalue weighted by Crippen LogP contribution is 2.28. The van der Waals surface area contributed by atoms with E-state index in [2.05, 4.69) is 5.32 Å². The molecule has 5 nitrogen and oxygen atoms in total. The van der Waals surface area contributed by atoms with Crippen LogP contribution in [0, 0.1) is 5.41 Å². The Kier molecular flexibility index (Phi) is 5.63. The summed E-state index contributed by atoms with van der Waals surface area (Å²) in [4.78, 5) is 0.358. The zero-order chi connectivity index (χ0) is 16.4. The minimum Gasteiger partial charge on any atom is -0.352 e. The Balaban J connectivity index is 3.08. The molecule has 1 N–H and O–H groups in total. The molecule has 0 aliphatic carbocycles. The Morgan fingerprint density at radius 2 is 1.95 bits per heavy atom. The van der Waals surface area contributed by atoms with E-state index in [0.717, 1.165) is 12.2 Å². The number of sulfonamides is 1. The summed E-state index contributed by atoms with van der Waals surface area (Å²) in [5, 5.41) is 3.22. The molecule has 1 heterocycles. The molecule has 0 saturated heterocycles. The first-order valence-corrected chi connectivity index (χ1v) is 8.79. The lowest BCUT2D eigenvalue weighted by molar-refractivity contribution is 0.216. The van der Waals surface area contributed by atoms with Crippen molar-refractivity contribution >= 4 is 10.0 Å². The van der Waals surface area contributed by atoms with Crippen molar-refractivity contribution < 1.29 is 8.42 Å². The fourth-order valence-electron chi connectivity index (χ4n) is 2.07. The zero-order valence-electron chi connectivity index (χ0n) is 14.3. The Labute approximate surface area is 129 Å². The van der Waals surface area contributed by atoms with Gasteiger partial charge in [0.25, 0.3) is 0 Å². The van der Waals surface area contributed by atoms with E-state index in [1.165, 1.54) is 4.31 Å². The van der Waals surface area contributed by atoms with Crippen LogP contribution in [0.15, 0.2) is 17.2 Å². The van der Waals surface area contributed by atoms with Crippen molar-refractivity contribution in [2.75, 3.05) is 13.6 Å². The highest BCUT2D eigenvalue weighted by Gasteiger charge is 2.33. The third-order valence-corrected chi connectivity index (χ3v) is 6.01. The third kappa shape index (κ3) is 4.08. The molecule has 0 bridgehead atoms. The topological polar surface area (TPSA) is 54.3 Å². The van der Waals surface area contributed by atoms with Crippen LogP contribution in [0.2, 0.25) is 0 Å². The third-order valence-electron chi connectivity index (χ3n) is 4.11. The van der Waals surface area contributed by atoms with Crippen LogP contribution in [-0.4, -0.2) is 36.9 Å². The molecule has 0 aliphatic heterocycles. The van der Waals surface area contributed by atoms with Gasteiger partial charge < -0.3 is 9.88 Å². The highest BCUT2D eigenvalue weighted by molar-refractivity contribution is 7.89. The molecular formula is C15H29N3O2S. The van der Waals surface area contributed by atoms with Gasteiger partial charge in [-0.3, -0.25) is 0 Å². The lowest BCUT2D eigenvalue weighted by Gasteiger charge is -2.34. The number of hydrogen-bond donors (Lipinski definition) is 1. The smallest absolute Gasteiger partial charge is 0.244 e. The quantitative estimate of drug-likeness (QED) is 0.875. The Hall–Kier alpha value is -0.850. The maximum absolute atomic E-state index is 12.8. The molecule has 0 radical (unpaired) electrons. The summed E-state index contributed by atoms with van der Waals surface area (Å²) in [6.45, 7) is 11.6.